The summed E-state index contributed by atoms with van der Waals surface area (Å²) >= 11 is 1.61. The van der Waals surface area contributed by atoms with Gasteiger partial charge in [-0.3, -0.25) is 9.36 Å². The Kier molecular flexibility index (Phi) is 2.73. The molecule has 0 saturated heterocycles. The predicted molar refractivity (Wildman–Crippen MR) is 69.2 cm³/mol. The zero-order valence-corrected chi connectivity index (χ0v) is 11.3. The van der Waals surface area contributed by atoms with Crippen molar-refractivity contribution >= 4 is 17.7 Å². The number of hydrogen-bond donors (Lipinski definition) is 0. The van der Waals surface area contributed by atoms with Crippen molar-refractivity contribution in [3.8, 4) is 0 Å². The van der Waals surface area contributed by atoms with E-state index >= 15 is 0 Å². The van der Waals surface area contributed by atoms with Gasteiger partial charge < -0.3 is 4.74 Å². The summed E-state index contributed by atoms with van der Waals surface area (Å²) in [5, 5.41) is 0.984. The molecule has 0 bridgehead atoms. The summed E-state index contributed by atoms with van der Waals surface area (Å²) in [6.07, 6.45) is 2.38. The molecule has 3 rings (SSSR count). The van der Waals surface area contributed by atoms with Gasteiger partial charge in [-0.05, 0) is 36.8 Å². The number of pyridine rings is 1. The molecule has 96 valence electrons. The van der Waals surface area contributed by atoms with Crippen molar-refractivity contribution in [2.24, 2.45) is 0 Å². The number of aryl methyl sites for hydroxylation is 1. The van der Waals surface area contributed by atoms with E-state index in [4.69, 9.17) is 4.74 Å². The summed E-state index contributed by atoms with van der Waals surface area (Å²) in [6.45, 7) is 1.99. The molecule has 4 nitrogen and oxygen atoms in total. The highest BCUT2D eigenvalue weighted by Crippen LogP contribution is 2.48. The molecular weight excluding hydrogens is 250 g/mol. The monoisotopic (exact) mass is 265 g/mol. The van der Waals surface area contributed by atoms with Crippen LogP contribution in [0.5, 0.6) is 0 Å². The molecule has 5 heteroatoms. The van der Waals surface area contributed by atoms with Crippen molar-refractivity contribution in [3.05, 3.63) is 27.5 Å². The number of rotatable bonds is 2. The Balaban J connectivity index is 2.16. The number of methoxy groups -OCH3 is 1. The van der Waals surface area contributed by atoms with E-state index in [1.165, 1.54) is 25.5 Å². The second-order valence-electron chi connectivity index (χ2n) is 4.88. The molecule has 0 spiro atoms. The third kappa shape index (κ3) is 1.68. The maximum atomic E-state index is 12.1. The van der Waals surface area contributed by atoms with E-state index in [0.717, 1.165) is 10.6 Å². The van der Waals surface area contributed by atoms with E-state index in [0.29, 0.717) is 11.7 Å². The molecule has 1 aromatic heterocycles. The summed E-state index contributed by atoms with van der Waals surface area (Å²) in [7, 11) is 1.37. The lowest BCUT2D eigenvalue weighted by Crippen LogP contribution is -2.30. The highest BCUT2D eigenvalue weighted by Gasteiger charge is 2.37. The van der Waals surface area contributed by atoms with Crippen molar-refractivity contribution in [3.63, 3.8) is 0 Å². The molecule has 1 unspecified atom stereocenters. The van der Waals surface area contributed by atoms with E-state index in [9.17, 15) is 9.59 Å². The minimum atomic E-state index is -0.458. The van der Waals surface area contributed by atoms with Crippen LogP contribution in [-0.2, 0) is 9.53 Å². The van der Waals surface area contributed by atoms with Crippen LogP contribution in [0.4, 0.5) is 0 Å². The van der Waals surface area contributed by atoms with Gasteiger partial charge in [0.05, 0.1) is 12.1 Å². The van der Waals surface area contributed by atoms with Crippen LogP contribution < -0.4 is 5.56 Å². The highest BCUT2D eigenvalue weighted by molar-refractivity contribution is 7.99. The molecule has 1 saturated carbocycles. The third-order valence-corrected chi connectivity index (χ3v) is 4.77. The van der Waals surface area contributed by atoms with Crippen molar-refractivity contribution in [1.82, 2.24) is 4.57 Å². The second kappa shape index (κ2) is 4.16. The number of esters is 1. The maximum absolute atomic E-state index is 12.1. The average molecular weight is 265 g/mol. The Bertz CT molecular complexity index is 574. The zero-order chi connectivity index (χ0) is 12.9. The van der Waals surface area contributed by atoms with Gasteiger partial charge in [0.15, 0.2) is 0 Å². The molecule has 0 amide bonds. The van der Waals surface area contributed by atoms with Crippen LogP contribution in [0.3, 0.4) is 0 Å². The fraction of sp³-hybridized carbons (Fsp3) is 0.538. The number of ether oxygens (including phenoxy) is 1. The molecule has 18 heavy (non-hydrogen) atoms. The van der Waals surface area contributed by atoms with Crippen LogP contribution in [-0.4, -0.2) is 23.4 Å². The van der Waals surface area contributed by atoms with E-state index in [2.05, 4.69) is 0 Å². The van der Waals surface area contributed by atoms with Gasteiger partial charge in [0.25, 0.3) is 5.56 Å². The molecule has 2 heterocycles. The number of nitrogens with zero attached hydrogens (tertiary/aromatic N) is 1. The first-order chi connectivity index (χ1) is 8.63. The topological polar surface area (TPSA) is 48.3 Å². The lowest BCUT2D eigenvalue weighted by Gasteiger charge is -2.14. The van der Waals surface area contributed by atoms with Gasteiger partial charge in [-0.15, -0.1) is 11.8 Å². The highest BCUT2D eigenvalue weighted by atomic mass is 32.2. The first kappa shape index (κ1) is 11.8. The largest absolute Gasteiger partial charge is 0.467 e. The van der Waals surface area contributed by atoms with Crippen LogP contribution in [0, 0.1) is 6.92 Å². The lowest BCUT2D eigenvalue weighted by atomic mass is 10.1. The minimum Gasteiger partial charge on any atom is -0.467 e. The Hall–Kier alpha value is -1.23. The average Bonchev–Trinajstić information content (AvgIpc) is 3.06. The van der Waals surface area contributed by atoms with Gasteiger partial charge in [0.1, 0.15) is 6.04 Å². The van der Waals surface area contributed by atoms with Gasteiger partial charge in [-0.2, -0.15) is 0 Å². The fourth-order valence-electron chi connectivity index (χ4n) is 2.58. The number of fused-ring (bicyclic) bond motifs is 1. The summed E-state index contributed by atoms with van der Waals surface area (Å²) in [6, 6.07) is 1.19. The fourth-order valence-corrected chi connectivity index (χ4v) is 4.02. The molecule has 1 aliphatic heterocycles. The van der Waals surface area contributed by atoms with E-state index in [1.807, 2.05) is 6.92 Å². The van der Waals surface area contributed by atoms with Gasteiger partial charge in [-0.25, -0.2) is 4.79 Å². The minimum absolute atomic E-state index is 0.0905. The van der Waals surface area contributed by atoms with Crippen LogP contribution >= 0.6 is 11.8 Å². The van der Waals surface area contributed by atoms with E-state index < -0.39 is 6.04 Å². The molecule has 1 fully saturated rings. The smallest absolute Gasteiger partial charge is 0.329 e. The van der Waals surface area contributed by atoms with Crippen LogP contribution in [0.25, 0.3) is 0 Å². The molecule has 0 radical (unpaired) electrons. The number of carbonyl (C=O) groups excluding carboxylic acids is 1. The summed E-state index contributed by atoms with van der Waals surface area (Å²) < 4.78 is 6.40. The summed E-state index contributed by atoms with van der Waals surface area (Å²) in [5.74, 6) is 0.857. The first-order valence-corrected chi connectivity index (χ1v) is 7.08. The van der Waals surface area contributed by atoms with Crippen LogP contribution in [0.1, 0.15) is 35.9 Å². The second-order valence-corrected chi connectivity index (χ2v) is 5.89. The summed E-state index contributed by atoms with van der Waals surface area (Å²) in [5.41, 5.74) is 2.24. The molecule has 1 aliphatic carbocycles. The summed E-state index contributed by atoms with van der Waals surface area (Å²) in [4.78, 5) is 23.8. The number of carbonyl (C=O) groups is 1. The quantitative estimate of drug-likeness (QED) is 0.766. The molecule has 0 N–H and O–H groups in total. The van der Waals surface area contributed by atoms with Gasteiger partial charge in [0.2, 0.25) is 0 Å². The standard InChI is InChI=1S/C13H15NO3S/c1-7-5-10(15)14-9(13(16)17-2)6-18-12(14)11(7)8-3-4-8/h5,8-9H,3-4,6H2,1-2H3. The Morgan fingerprint density at radius 2 is 2.22 bits per heavy atom. The van der Waals surface area contributed by atoms with Gasteiger partial charge >= 0.3 is 5.97 Å². The normalized spacial score (nSPS) is 21.8. The van der Waals surface area contributed by atoms with E-state index in [-0.39, 0.29) is 11.5 Å². The molecule has 2 aliphatic rings. The molecule has 0 aromatic carbocycles. The van der Waals surface area contributed by atoms with Crippen molar-refractivity contribution < 1.29 is 9.53 Å². The van der Waals surface area contributed by atoms with Crippen LogP contribution in [0.15, 0.2) is 15.9 Å². The predicted octanol–water partition coefficient (Wildman–Crippen LogP) is 1.85. The van der Waals surface area contributed by atoms with Gasteiger partial charge in [0, 0.05) is 11.8 Å². The SMILES string of the molecule is COC(=O)C1CSc2c(C3CC3)c(C)cc(=O)n21. The first-order valence-electron chi connectivity index (χ1n) is 6.10. The van der Waals surface area contributed by atoms with Crippen molar-refractivity contribution in [1.29, 1.82) is 0 Å². The Labute approximate surface area is 109 Å². The third-order valence-electron chi connectivity index (χ3n) is 3.60. The zero-order valence-electron chi connectivity index (χ0n) is 10.4. The molecular formula is C13H15NO3S. The van der Waals surface area contributed by atoms with Crippen molar-refractivity contribution in [2.45, 2.75) is 36.8 Å². The van der Waals surface area contributed by atoms with Gasteiger partial charge in [-0.1, -0.05) is 0 Å². The van der Waals surface area contributed by atoms with Crippen LogP contribution in [0.2, 0.25) is 0 Å². The number of hydrogen-bond acceptors (Lipinski definition) is 4. The number of thioether (sulfide) groups is 1. The Morgan fingerprint density at radius 1 is 1.50 bits per heavy atom. The van der Waals surface area contributed by atoms with E-state index in [1.54, 1.807) is 22.4 Å². The number of aromatic nitrogens is 1. The molecule has 1 atom stereocenters. The Morgan fingerprint density at radius 3 is 2.83 bits per heavy atom. The van der Waals surface area contributed by atoms with Crippen molar-refractivity contribution in [2.75, 3.05) is 12.9 Å². The lowest BCUT2D eigenvalue weighted by molar-refractivity contribution is -0.143. The molecule has 1 aromatic rings. The maximum Gasteiger partial charge on any atom is 0.329 e.